The molecule has 0 aromatic carbocycles. The maximum atomic E-state index is 6.20. The summed E-state index contributed by atoms with van der Waals surface area (Å²) in [5.74, 6) is 1.66. The van der Waals surface area contributed by atoms with Crippen molar-refractivity contribution in [2.24, 2.45) is 5.92 Å². The molecule has 0 radical (unpaired) electrons. The van der Waals surface area contributed by atoms with Gasteiger partial charge in [-0.05, 0) is 25.2 Å². The van der Waals surface area contributed by atoms with Gasteiger partial charge >= 0.3 is 0 Å². The Hall–Kier alpha value is -0.870. The molecule has 19 heavy (non-hydrogen) atoms. The minimum absolute atomic E-state index is 0.589. The lowest BCUT2D eigenvalue weighted by atomic mass is 9.99. The zero-order valence-electron chi connectivity index (χ0n) is 11.7. The third-order valence-electron chi connectivity index (χ3n) is 3.60. The molecule has 0 N–H and O–H groups in total. The van der Waals surface area contributed by atoms with Crippen LogP contribution in [0.5, 0.6) is 0 Å². The molecular weight excluding hydrogens is 262 g/mol. The average Bonchev–Trinajstić information content (AvgIpc) is 2.42. The van der Waals surface area contributed by atoms with Gasteiger partial charge < -0.3 is 9.64 Å². The van der Waals surface area contributed by atoms with Gasteiger partial charge in [0.2, 0.25) is 0 Å². The van der Waals surface area contributed by atoms with E-state index in [1.807, 2.05) is 0 Å². The summed E-state index contributed by atoms with van der Waals surface area (Å²) < 4.78 is 5.40. The van der Waals surface area contributed by atoms with Gasteiger partial charge in [0.05, 0.1) is 0 Å². The highest BCUT2D eigenvalue weighted by Crippen LogP contribution is 2.26. The van der Waals surface area contributed by atoms with Crippen molar-refractivity contribution < 1.29 is 4.74 Å². The second kappa shape index (κ2) is 7.06. The minimum atomic E-state index is 0.589. The third-order valence-corrected chi connectivity index (χ3v) is 3.93. The first kappa shape index (κ1) is 14.5. The maximum Gasteiger partial charge on any atom is 0.137 e. The largest absolute Gasteiger partial charge is 0.381 e. The molecule has 4 nitrogen and oxygen atoms in total. The van der Waals surface area contributed by atoms with E-state index in [0.29, 0.717) is 11.1 Å². The van der Waals surface area contributed by atoms with Crippen LogP contribution in [0.1, 0.15) is 31.7 Å². The SMILES string of the molecule is CCCc1c(Cl)ncnc1N(C)CC1CCOCC1. The first-order valence-electron chi connectivity index (χ1n) is 7.00. The van der Waals surface area contributed by atoms with Crippen molar-refractivity contribution in [2.45, 2.75) is 32.6 Å². The molecule has 0 spiro atoms. The molecule has 5 heteroatoms. The lowest BCUT2D eigenvalue weighted by Gasteiger charge is -2.28. The topological polar surface area (TPSA) is 38.2 Å². The molecular formula is C14H22ClN3O. The molecule has 1 aliphatic rings. The lowest BCUT2D eigenvalue weighted by molar-refractivity contribution is 0.0685. The van der Waals surface area contributed by atoms with Crippen molar-refractivity contribution in [3.05, 3.63) is 17.0 Å². The Labute approximate surface area is 120 Å². The number of nitrogens with zero attached hydrogens (tertiary/aromatic N) is 3. The molecule has 0 bridgehead atoms. The summed E-state index contributed by atoms with van der Waals surface area (Å²) in [7, 11) is 2.09. The Morgan fingerprint density at radius 3 is 2.79 bits per heavy atom. The van der Waals surface area contributed by atoms with Gasteiger partial charge in [-0.3, -0.25) is 0 Å². The predicted octanol–water partition coefficient (Wildman–Crippen LogP) is 2.95. The van der Waals surface area contributed by atoms with E-state index in [2.05, 4.69) is 28.8 Å². The number of halogens is 1. The second-order valence-electron chi connectivity index (χ2n) is 5.15. The van der Waals surface area contributed by atoms with Crippen molar-refractivity contribution in [3.63, 3.8) is 0 Å². The van der Waals surface area contributed by atoms with Gasteiger partial charge in [0.15, 0.2) is 0 Å². The van der Waals surface area contributed by atoms with Crippen molar-refractivity contribution in [1.29, 1.82) is 0 Å². The molecule has 0 aliphatic carbocycles. The van der Waals surface area contributed by atoms with E-state index >= 15 is 0 Å². The Morgan fingerprint density at radius 1 is 1.37 bits per heavy atom. The fourth-order valence-electron chi connectivity index (χ4n) is 2.58. The van der Waals surface area contributed by atoms with Crippen molar-refractivity contribution in [3.8, 4) is 0 Å². The molecule has 1 saturated heterocycles. The van der Waals surface area contributed by atoms with E-state index in [4.69, 9.17) is 16.3 Å². The summed E-state index contributed by atoms with van der Waals surface area (Å²) in [5.41, 5.74) is 1.07. The van der Waals surface area contributed by atoms with Gasteiger partial charge in [0.25, 0.3) is 0 Å². The van der Waals surface area contributed by atoms with E-state index < -0.39 is 0 Å². The van der Waals surface area contributed by atoms with Crippen LogP contribution in [-0.4, -0.2) is 36.8 Å². The smallest absolute Gasteiger partial charge is 0.137 e. The Bertz CT molecular complexity index is 408. The number of hydrogen-bond donors (Lipinski definition) is 0. The number of hydrogen-bond acceptors (Lipinski definition) is 4. The summed E-state index contributed by atoms with van der Waals surface area (Å²) in [6.07, 6.45) is 5.79. The number of anilines is 1. The highest BCUT2D eigenvalue weighted by atomic mass is 35.5. The first-order chi connectivity index (χ1) is 9.22. The van der Waals surface area contributed by atoms with Crippen LogP contribution in [0.25, 0.3) is 0 Å². The molecule has 1 aromatic rings. The van der Waals surface area contributed by atoms with Crippen LogP contribution in [0.15, 0.2) is 6.33 Å². The van der Waals surface area contributed by atoms with E-state index in [-0.39, 0.29) is 0 Å². The lowest BCUT2D eigenvalue weighted by Crippen LogP contribution is -2.30. The Morgan fingerprint density at radius 2 is 2.11 bits per heavy atom. The van der Waals surface area contributed by atoms with E-state index in [0.717, 1.165) is 56.8 Å². The van der Waals surface area contributed by atoms with Crippen LogP contribution in [0, 0.1) is 5.92 Å². The number of aromatic nitrogens is 2. The predicted molar refractivity (Wildman–Crippen MR) is 77.9 cm³/mol. The summed E-state index contributed by atoms with van der Waals surface area (Å²) in [5, 5.41) is 0.589. The first-order valence-corrected chi connectivity index (χ1v) is 7.38. The van der Waals surface area contributed by atoms with Crippen molar-refractivity contribution in [2.75, 3.05) is 31.7 Å². The van der Waals surface area contributed by atoms with Gasteiger partial charge in [0, 0.05) is 32.4 Å². The van der Waals surface area contributed by atoms with E-state index in [1.54, 1.807) is 6.33 Å². The third kappa shape index (κ3) is 3.80. The van der Waals surface area contributed by atoms with Crippen molar-refractivity contribution in [1.82, 2.24) is 9.97 Å². The zero-order valence-corrected chi connectivity index (χ0v) is 12.5. The zero-order chi connectivity index (χ0) is 13.7. The fraction of sp³-hybridized carbons (Fsp3) is 0.714. The van der Waals surface area contributed by atoms with Crippen LogP contribution in [0.4, 0.5) is 5.82 Å². The quantitative estimate of drug-likeness (QED) is 0.779. The van der Waals surface area contributed by atoms with Crippen LogP contribution in [-0.2, 0) is 11.2 Å². The van der Waals surface area contributed by atoms with Crippen LogP contribution >= 0.6 is 11.6 Å². The van der Waals surface area contributed by atoms with Crippen LogP contribution in [0.2, 0.25) is 5.15 Å². The van der Waals surface area contributed by atoms with Crippen molar-refractivity contribution >= 4 is 17.4 Å². The van der Waals surface area contributed by atoms with Crippen LogP contribution < -0.4 is 4.90 Å². The second-order valence-corrected chi connectivity index (χ2v) is 5.51. The van der Waals surface area contributed by atoms with Gasteiger partial charge in [-0.25, -0.2) is 9.97 Å². The average molecular weight is 284 g/mol. The number of ether oxygens (including phenoxy) is 1. The monoisotopic (exact) mass is 283 g/mol. The van der Waals surface area contributed by atoms with E-state index in [9.17, 15) is 0 Å². The highest BCUT2D eigenvalue weighted by molar-refractivity contribution is 6.30. The van der Waals surface area contributed by atoms with Gasteiger partial charge in [-0.1, -0.05) is 24.9 Å². The molecule has 0 atom stereocenters. The molecule has 0 amide bonds. The normalized spacial score (nSPS) is 16.6. The molecule has 2 heterocycles. The molecule has 106 valence electrons. The summed E-state index contributed by atoms with van der Waals surface area (Å²) >= 11 is 6.20. The maximum absolute atomic E-state index is 6.20. The van der Waals surface area contributed by atoms with Gasteiger partial charge in [0.1, 0.15) is 17.3 Å². The fourth-order valence-corrected chi connectivity index (χ4v) is 2.80. The molecule has 2 rings (SSSR count). The summed E-state index contributed by atoms with van der Waals surface area (Å²) in [6, 6.07) is 0. The molecule has 0 unspecified atom stereocenters. The summed E-state index contributed by atoms with van der Waals surface area (Å²) in [4.78, 5) is 10.7. The molecule has 1 aromatic heterocycles. The number of rotatable bonds is 5. The Kier molecular flexibility index (Phi) is 5.40. The highest BCUT2D eigenvalue weighted by Gasteiger charge is 2.19. The van der Waals surface area contributed by atoms with Gasteiger partial charge in [-0.15, -0.1) is 0 Å². The Balaban J connectivity index is 2.08. The summed E-state index contributed by atoms with van der Waals surface area (Å²) in [6.45, 7) is 4.91. The van der Waals surface area contributed by atoms with Crippen LogP contribution in [0.3, 0.4) is 0 Å². The molecule has 1 fully saturated rings. The minimum Gasteiger partial charge on any atom is -0.381 e. The molecule has 1 aliphatic heterocycles. The standard InChI is InChI=1S/C14H22ClN3O/c1-3-4-12-13(15)16-10-17-14(12)18(2)9-11-5-7-19-8-6-11/h10-11H,3-9H2,1-2H3. The molecule has 0 saturated carbocycles. The van der Waals surface area contributed by atoms with E-state index in [1.165, 1.54) is 0 Å². The van der Waals surface area contributed by atoms with Gasteiger partial charge in [-0.2, -0.15) is 0 Å².